The second kappa shape index (κ2) is 11.6. The van der Waals surface area contributed by atoms with Crippen molar-refractivity contribution in [3.8, 4) is 6.07 Å². The molecule has 198 valence electrons. The Kier molecular flexibility index (Phi) is 7.63. The van der Waals surface area contributed by atoms with Crippen LogP contribution < -0.4 is 15.5 Å². The summed E-state index contributed by atoms with van der Waals surface area (Å²) in [4.78, 5) is 48.4. The first-order valence-electron chi connectivity index (χ1n) is 12.4. The highest BCUT2D eigenvalue weighted by Gasteiger charge is 2.27. The van der Waals surface area contributed by atoms with E-state index in [9.17, 15) is 19.6 Å². The molecule has 0 spiro atoms. The number of urea groups is 1. The van der Waals surface area contributed by atoms with Gasteiger partial charge in [0.25, 0.3) is 5.88 Å². The van der Waals surface area contributed by atoms with Crippen LogP contribution in [-0.2, 0) is 27.2 Å². The summed E-state index contributed by atoms with van der Waals surface area (Å²) in [5.74, 6) is 2.37. The maximum absolute atomic E-state index is 13.3. The summed E-state index contributed by atoms with van der Waals surface area (Å²) in [6, 6.07) is 5.17. The van der Waals surface area contributed by atoms with Crippen molar-refractivity contribution in [1.82, 2.24) is 14.9 Å². The summed E-state index contributed by atoms with van der Waals surface area (Å²) < 4.78 is 10.7. The predicted molar refractivity (Wildman–Crippen MR) is 140 cm³/mol. The molecule has 0 bridgehead atoms. The molecule has 1 saturated heterocycles. The summed E-state index contributed by atoms with van der Waals surface area (Å²) in [6.45, 7) is 1.74. The third kappa shape index (κ3) is 5.65. The number of aromatic nitrogens is 2. The normalized spacial score (nSPS) is 17.9. The van der Waals surface area contributed by atoms with E-state index < -0.39 is 6.03 Å². The number of aldehydes is 1. The molecular formula is C27H25N7O5. The van der Waals surface area contributed by atoms with E-state index in [-0.39, 0.29) is 30.0 Å². The number of nitriles is 1. The molecule has 12 nitrogen and oxygen atoms in total. The third-order valence-corrected chi connectivity index (χ3v) is 6.50. The first-order valence-corrected chi connectivity index (χ1v) is 12.4. The van der Waals surface area contributed by atoms with Crippen LogP contribution in [0.25, 0.3) is 0 Å². The molecule has 0 radical (unpaired) electrons. The molecule has 2 N–H and O–H groups in total. The lowest BCUT2D eigenvalue weighted by atomic mass is 10.0. The Bertz CT molecular complexity index is 1430. The van der Waals surface area contributed by atoms with Gasteiger partial charge in [0.1, 0.15) is 23.4 Å². The van der Waals surface area contributed by atoms with Gasteiger partial charge in [0.15, 0.2) is 12.2 Å². The van der Waals surface area contributed by atoms with Crippen LogP contribution in [0.2, 0.25) is 0 Å². The summed E-state index contributed by atoms with van der Waals surface area (Å²) in [6.07, 6.45) is 10.5. The van der Waals surface area contributed by atoms with E-state index >= 15 is 0 Å². The molecule has 0 saturated carbocycles. The first kappa shape index (κ1) is 25.7. The Hall–Kier alpha value is -4.98. The number of nitrogens with one attached hydrogen (secondary N) is 2. The highest BCUT2D eigenvalue weighted by molar-refractivity contribution is 6.01. The number of ether oxygens (including phenoxy) is 2. The number of amides is 2. The predicted octanol–water partition coefficient (Wildman–Crippen LogP) is 2.88. The van der Waals surface area contributed by atoms with E-state index in [4.69, 9.17) is 9.47 Å². The third-order valence-electron chi connectivity index (χ3n) is 6.50. The van der Waals surface area contributed by atoms with Gasteiger partial charge in [-0.1, -0.05) is 0 Å². The lowest BCUT2D eigenvalue weighted by molar-refractivity contribution is 0.111. The van der Waals surface area contributed by atoms with Gasteiger partial charge in [-0.3, -0.25) is 15.0 Å². The second-order valence-corrected chi connectivity index (χ2v) is 9.07. The zero-order valence-electron chi connectivity index (χ0n) is 20.9. The Balaban J connectivity index is 1.37. The Labute approximate surface area is 224 Å². The van der Waals surface area contributed by atoms with Gasteiger partial charge in [0.2, 0.25) is 0 Å². The molecule has 1 fully saturated rings. The standard InChI is InChI=1S/C27H25N7O5/c28-12-20-13-29-24(11-22(20)30-21-5-9-38-17-21)32-27(37)34-7-3-4-18-10-19(23(15-35)31-26(18)34)14-33-6-1-2-8-39-25(33)16-36/h1-2,6,8,10-11,13,15,21H,3-5,7,9,14,17H2,(H2,29,30,32,37)/t21-/m0/s1. The largest absolute Gasteiger partial charge is 0.440 e. The monoisotopic (exact) mass is 527 g/mol. The molecule has 0 aliphatic carbocycles. The lowest BCUT2D eigenvalue weighted by Gasteiger charge is -2.29. The number of carbonyl (C=O) groups excluding carboxylic acids is 3. The van der Waals surface area contributed by atoms with Crippen LogP contribution in [0.15, 0.2) is 48.8 Å². The van der Waals surface area contributed by atoms with Crippen molar-refractivity contribution in [2.75, 3.05) is 35.3 Å². The molecule has 5 heterocycles. The zero-order chi connectivity index (χ0) is 27.2. The fourth-order valence-corrected chi connectivity index (χ4v) is 4.59. The number of anilines is 3. The molecule has 3 aliphatic rings. The van der Waals surface area contributed by atoms with Crippen LogP contribution in [0.5, 0.6) is 0 Å². The number of nitrogens with zero attached hydrogens (tertiary/aromatic N) is 5. The number of rotatable bonds is 6. The smallest absolute Gasteiger partial charge is 0.328 e. The summed E-state index contributed by atoms with van der Waals surface area (Å²) in [7, 11) is 0. The summed E-state index contributed by atoms with van der Waals surface area (Å²) in [5.41, 5.74) is 2.44. The molecule has 39 heavy (non-hydrogen) atoms. The number of aryl methyl sites for hydroxylation is 1. The van der Waals surface area contributed by atoms with Gasteiger partial charge in [-0.25, -0.2) is 19.6 Å². The first-order chi connectivity index (χ1) is 19.1. The summed E-state index contributed by atoms with van der Waals surface area (Å²) >= 11 is 0. The van der Waals surface area contributed by atoms with Crippen molar-refractivity contribution in [1.29, 1.82) is 5.26 Å². The van der Waals surface area contributed by atoms with Crippen molar-refractivity contribution in [2.45, 2.75) is 31.8 Å². The van der Waals surface area contributed by atoms with Crippen LogP contribution in [0.3, 0.4) is 0 Å². The molecule has 0 aromatic carbocycles. The van der Waals surface area contributed by atoms with E-state index in [2.05, 4.69) is 26.7 Å². The molecule has 12 heteroatoms. The maximum Gasteiger partial charge on any atom is 0.328 e. The number of hydrogen-bond donors (Lipinski definition) is 2. The number of fused-ring (bicyclic) bond motifs is 1. The Morgan fingerprint density at radius 3 is 2.97 bits per heavy atom. The molecule has 2 amide bonds. The van der Waals surface area contributed by atoms with Crippen molar-refractivity contribution in [3.63, 3.8) is 0 Å². The lowest BCUT2D eigenvalue weighted by Crippen LogP contribution is -2.40. The molecule has 0 unspecified atom stereocenters. The van der Waals surface area contributed by atoms with Crippen molar-refractivity contribution < 1.29 is 23.9 Å². The van der Waals surface area contributed by atoms with Gasteiger partial charge >= 0.3 is 6.03 Å². The molecule has 5 rings (SSSR count). The average Bonchev–Trinajstić information content (AvgIpc) is 3.36. The van der Waals surface area contributed by atoms with Gasteiger partial charge < -0.3 is 19.7 Å². The minimum Gasteiger partial charge on any atom is -0.440 e. The van der Waals surface area contributed by atoms with Gasteiger partial charge in [-0.05, 0) is 43.0 Å². The summed E-state index contributed by atoms with van der Waals surface area (Å²) in [5, 5.41) is 15.5. The van der Waals surface area contributed by atoms with Crippen LogP contribution in [0.1, 0.15) is 40.0 Å². The number of hydrogen-bond acceptors (Lipinski definition) is 10. The molecule has 2 aromatic rings. The number of carbonyl (C=O) groups is 2. The van der Waals surface area contributed by atoms with Crippen molar-refractivity contribution >= 4 is 35.6 Å². The number of allylic oxidation sites excluding steroid dienone is 2. The Morgan fingerprint density at radius 2 is 2.21 bits per heavy atom. The second-order valence-electron chi connectivity index (χ2n) is 9.07. The molecule has 2 aromatic heterocycles. The maximum atomic E-state index is 13.3. The van der Waals surface area contributed by atoms with Crippen LogP contribution in [0.4, 0.5) is 22.1 Å². The minimum atomic E-state index is -0.457. The fraction of sp³-hybridized carbons (Fsp3) is 0.296. The topological polar surface area (TPSA) is 150 Å². The molecule has 1 atom stereocenters. The van der Waals surface area contributed by atoms with Gasteiger partial charge in [0.05, 0.1) is 36.7 Å². The highest BCUT2D eigenvalue weighted by Crippen LogP contribution is 2.29. The van der Waals surface area contributed by atoms with Crippen molar-refractivity contribution in [2.24, 2.45) is 0 Å². The van der Waals surface area contributed by atoms with E-state index in [0.717, 1.165) is 12.0 Å². The highest BCUT2D eigenvalue weighted by atomic mass is 16.5. The van der Waals surface area contributed by atoms with E-state index in [1.807, 2.05) is 6.07 Å². The van der Waals surface area contributed by atoms with E-state index in [1.165, 1.54) is 22.3 Å². The molecular weight excluding hydrogens is 502 g/mol. The zero-order valence-corrected chi connectivity index (χ0v) is 20.9. The minimum absolute atomic E-state index is 0.0418. The van der Waals surface area contributed by atoms with Gasteiger partial charge in [0, 0.05) is 37.2 Å². The SMILES string of the molecule is N#Cc1cnc(NC(=O)N2CCCc3cc(CN4C=CC=COC4=C=O)c(C=O)nc32)cc1N[C@H]1CCOC1. The number of pyridine rings is 2. The Morgan fingerprint density at radius 1 is 1.31 bits per heavy atom. The fourth-order valence-electron chi connectivity index (χ4n) is 4.59. The van der Waals surface area contributed by atoms with Crippen LogP contribution in [-0.4, -0.2) is 58.9 Å². The van der Waals surface area contributed by atoms with E-state index in [0.29, 0.717) is 61.5 Å². The van der Waals surface area contributed by atoms with Crippen molar-refractivity contribution in [3.05, 3.63) is 71.2 Å². The van der Waals surface area contributed by atoms with Crippen LogP contribution in [0, 0.1) is 11.3 Å². The molecule has 3 aliphatic heterocycles. The average molecular weight is 528 g/mol. The quantitative estimate of drug-likeness (QED) is 0.424. The van der Waals surface area contributed by atoms with Gasteiger partial charge in [-0.2, -0.15) is 5.26 Å². The van der Waals surface area contributed by atoms with Gasteiger partial charge in [-0.15, -0.1) is 0 Å². The van der Waals surface area contributed by atoms with E-state index in [1.54, 1.807) is 30.4 Å². The van der Waals surface area contributed by atoms with Crippen LogP contribution >= 0.6 is 0 Å².